The second-order valence-corrected chi connectivity index (χ2v) is 5.06. The van der Waals surface area contributed by atoms with Crippen LogP contribution >= 0.6 is 0 Å². The summed E-state index contributed by atoms with van der Waals surface area (Å²) >= 11 is 0. The van der Waals surface area contributed by atoms with E-state index in [1.807, 2.05) is 72.8 Å². The molecule has 0 aliphatic rings. The van der Waals surface area contributed by atoms with Crippen LogP contribution in [0.15, 0.2) is 121 Å². The van der Waals surface area contributed by atoms with Gasteiger partial charge in [-0.2, -0.15) is 0 Å². The van der Waals surface area contributed by atoms with Crippen molar-refractivity contribution < 1.29 is 19.2 Å². The number of rotatable bonds is 0. The first-order chi connectivity index (χ1) is 16.6. The van der Waals surface area contributed by atoms with E-state index in [1.54, 1.807) is 0 Å². The lowest BCUT2D eigenvalue weighted by Crippen LogP contribution is -1.67. The number of nitrogens with one attached hydrogen (secondary N) is 4. The van der Waals surface area contributed by atoms with Gasteiger partial charge in [0, 0.05) is 0 Å². The van der Waals surface area contributed by atoms with Crippen molar-refractivity contribution in [3.63, 3.8) is 0 Å². The van der Waals surface area contributed by atoms with E-state index in [9.17, 15) is 0 Å². The smallest absolute Gasteiger partial charge is 0.222 e. The molecule has 0 aliphatic heterocycles. The number of isocyanates is 4. The Morgan fingerprint density at radius 3 is 0.571 bits per heavy atom. The van der Waals surface area contributed by atoms with Gasteiger partial charge in [-0.25, -0.2) is 40.8 Å². The van der Waals surface area contributed by atoms with Gasteiger partial charge in [-0.1, -0.05) is 129 Å². The van der Waals surface area contributed by atoms with Crippen molar-refractivity contribution >= 4 is 35.1 Å². The third-order valence-corrected chi connectivity index (χ3v) is 2.99. The minimum Gasteiger partial charge on any atom is -0.222 e. The van der Waals surface area contributed by atoms with Crippen LogP contribution in [0.2, 0.25) is 0 Å². The van der Waals surface area contributed by atoms with Crippen molar-refractivity contribution in [3.8, 4) is 0 Å². The number of benzene rings is 4. The van der Waals surface area contributed by atoms with Crippen molar-refractivity contribution in [1.29, 1.82) is 21.6 Å². The summed E-state index contributed by atoms with van der Waals surface area (Å²) in [7, 11) is 0. The largest absolute Gasteiger partial charge is 0.231 e. The Kier molecular flexibility index (Phi) is 38.1. The zero-order valence-electron chi connectivity index (χ0n) is 18.2. The van der Waals surface area contributed by atoms with Gasteiger partial charge in [-0.15, -0.1) is 0 Å². The molecule has 0 saturated carbocycles. The van der Waals surface area contributed by atoms with Crippen LogP contribution in [0.1, 0.15) is 7.43 Å². The average molecular weight is 473 g/mol. The Morgan fingerprint density at radius 2 is 0.457 bits per heavy atom. The molecule has 0 unspecified atom stereocenters. The fourth-order valence-corrected chi connectivity index (χ4v) is 1.90. The van der Waals surface area contributed by atoms with Crippen molar-refractivity contribution in [1.82, 2.24) is 0 Å². The predicted molar refractivity (Wildman–Crippen MR) is 137 cm³/mol. The number of hydrogen-bond donors (Lipinski definition) is 4. The fraction of sp³-hybridized carbons (Fsp3) is 0.0370. The molecule has 0 spiro atoms. The maximum Gasteiger partial charge on any atom is 0.231 e. The van der Waals surface area contributed by atoms with Crippen molar-refractivity contribution in [2.45, 2.75) is 7.43 Å². The third-order valence-electron chi connectivity index (χ3n) is 2.99. The molecule has 0 bridgehead atoms. The van der Waals surface area contributed by atoms with E-state index in [4.69, 9.17) is 40.8 Å². The van der Waals surface area contributed by atoms with Crippen molar-refractivity contribution in [2.24, 2.45) is 0 Å². The Balaban J connectivity index is -0.000000171. The summed E-state index contributed by atoms with van der Waals surface area (Å²) in [5.41, 5.74) is 0. The Labute approximate surface area is 204 Å². The second-order valence-electron chi connectivity index (χ2n) is 5.06. The highest BCUT2D eigenvalue weighted by molar-refractivity contribution is 5.82. The first-order valence-electron chi connectivity index (χ1n) is 9.22. The monoisotopic (exact) mass is 472 g/mol. The van der Waals surface area contributed by atoms with Crippen LogP contribution in [0.5, 0.6) is 0 Å². The molecule has 35 heavy (non-hydrogen) atoms. The molecule has 180 valence electrons. The van der Waals surface area contributed by atoms with Gasteiger partial charge < -0.3 is 0 Å². The van der Waals surface area contributed by atoms with E-state index in [2.05, 4.69) is 48.5 Å². The summed E-state index contributed by atoms with van der Waals surface area (Å²) in [6.45, 7) is 0. The summed E-state index contributed by atoms with van der Waals surface area (Å²) in [5, 5.41) is 24.2. The summed E-state index contributed by atoms with van der Waals surface area (Å²) in [5.74, 6) is 0. The zero-order chi connectivity index (χ0) is 26.1. The molecule has 4 aromatic rings. The van der Waals surface area contributed by atoms with E-state index in [0.29, 0.717) is 0 Å². The molecule has 0 atom stereocenters. The van der Waals surface area contributed by atoms with Crippen molar-refractivity contribution in [3.05, 3.63) is 121 Å². The average Bonchev–Trinajstić information content (AvgIpc) is 2.89. The van der Waals surface area contributed by atoms with Crippen LogP contribution in [0.25, 0.3) is 10.8 Å². The highest BCUT2D eigenvalue weighted by atomic mass is 16.1. The van der Waals surface area contributed by atoms with E-state index >= 15 is 0 Å². The van der Waals surface area contributed by atoms with E-state index in [-0.39, 0.29) is 7.43 Å². The van der Waals surface area contributed by atoms with Gasteiger partial charge in [-0.3, -0.25) is 0 Å². The number of fused-ring (bicyclic) bond motifs is 1. The molecular weight excluding hydrogens is 444 g/mol. The molecular formula is C27H28N4O4. The summed E-state index contributed by atoms with van der Waals surface area (Å²) < 4.78 is 0. The number of carbonyl (C=O) groups excluding carboxylic acids is 4. The van der Waals surface area contributed by atoms with Gasteiger partial charge in [-0.05, 0) is 10.8 Å². The zero-order valence-corrected chi connectivity index (χ0v) is 18.2. The van der Waals surface area contributed by atoms with E-state index in [1.165, 1.54) is 10.8 Å². The van der Waals surface area contributed by atoms with Crippen molar-refractivity contribution in [2.75, 3.05) is 0 Å². The van der Waals surface area contributed by atoms with E-state index in [0.717, 1.165) is 24.3 Å². The molecule has 0 aliphatic carbocycles. The van der Waals surface area contributed by atoms with Gasteiger partial charge in [0.05, 0.1) is 0 Å². The molecule has 4 rings (SSSR count). The molecule has 8 heteroatoms. The van der Waals surface area contributed by atoms with Gasteiger partial charge in [0.25, 0.3) is 0 Å². The molecule has 4 aromatic carbocycles. The molecule has 0 heterocycles. The summed E-state index contributed by atoms with van der Waals surface area (Å²) in [6.07, 6.45) is 3.00. The van der Waals surface area contributed by atoms with Gasteiger partial charge in [0.15, 0.2) is 0 Å². The van der Waals surface area contributed by atoms with Gasteiger partial charge in [0.2, 0.25) is 24.3 Å². The lowest BCUT2D eigenvalue weighted by molar-refractivity contribution is 0.562. The molecule has 0 aromatic heterocycles. The lowest BCUT2D eigenvalue weighted by atomic mass is 10.1. The first kappa shape index (κ1) is 37.0. The van der Waals surface area contributed by atoms with E-state index < -0.39 is 0 Å². The van der Waals surface area contributed by atoms with Gasteiger partial charge in [0.1, 0.15) is 0 Å². The maximum absolute atomic E-state index is 8.35. The van der Waals surface area contributed by atoms with Crippen LogP contribution in [-0.2, 0) is 19.2 Å². The molecule has 0 amide bonds. The van der Waals surface area contributed by atoms with Crippen LogP contribution in [0.3, 0.4) is 0 Å². The number of hydrogen-bond acceptors (Lipinski definition) is 8. The standard InChI is InChI=1S/C10H8.2C6H6.4CHNO.CH4/c1-2-6-10-8-4-3-7-9(10)5-1;2*1-2-4-6-5-3-1;4*2-1-3;/h1-8H;2*1-6H;4*2H;1H4. The normalized spacial score (nSPS) is 6.51. The summed E-state index contributed by atoms with van der Waals surface area (Å²) in [4.78, 5) is 33.4. The van der Waals surface area contributed by atoms with Gasteiger partial charge >= 0.3 is 0 Å². The third kappa shape index (κ3) is 33.5. The lowest BCUT2D eigenvalue weighted by Gasteiger charge is -1.92. The first-order valence-corrected chi connectivity index (χ1v) is 9.22. The summed E-state index contributed by atoms with van der Waals surface area (Å²) in [6, 6.07) is 40.7. The maximum atomic E-state index is 8.35. The molecule has 8 nitrogen and oxygen atoms in total. The van der Waals surface area contributed by atoms with Crippen LogP contribution < -0.4 is 0 Å². The highest BCUT2D eigenvalue weighted by Crippen LogP contribution is 2.11. The molecule has 0 fully saturated rings. The second kappa shape index (κ2) is 36.1. The molecule has 0 radical (unpaired) electrons. The molecule has 0 saturated heterocycles. The molecule has 4 N–H and O–H groups in total. The fourth-order valence-electron chi connectivity index (χ4n) is 1.90. The SMILES string of the molecule is C.N=C=O.N=C=O.N=C=O.N=C=O.c1ccc2ccccc2c1.c1ccccc1.c1ccccc1. The minimum atomic E-state index is 0. The Hall–Kier alpha value is -5.34. The van der Waals surface area contributed by atoms with Crippen LogP contribution in [0.4, 0.5) is 0 Å². The predicted octanol–water partition coefficient (Wildman–Crippen LogP) is 6.45. The van der Waals surface area contributed by atoms with Crippen LogP contribution in [-0.4, -0.2) is 24.3 Å². The topological polar surface area (TPSA) is 164 Å². The highest BCUT2D eigenvalue weighted by Gasteiger charge is 1.85. The van der Waals surface area contributed by atoms with Crippen LogP contribution in [0, 0.1) is 21.6 Å². The minimum absolute atomic E-state index is 0. The Morgan fingerprint density at radius 1 is 0.343 bits per heavy atom. The Bertz CT molecular complexity index is 899. The quantitative estimate of drug-likeness (QED) is 0.171.